The van der Waals surface area contributed by atoms with Gasteiger partial charge in [-0.1, -0.05) is 44.0 Å². The molecule has 1 nitrogen and oxygen atoms in total. The molecule has 0 spiro atoms. The van der Waals surface area contributed by atoms with Gasteiger partial charge in [0.05, 0.1) is 17.5 Å². The van der Waals surface area contributed by atoms with Gasteiger partial charge in [-0.05, 0) is 17.7 Å². The minimum atomic E-state index is 0.248. The van der Waals surface area contributed by atoms with E-state index in [0.717, 1.165) is 11.1 Å². The Morgan fingerprint density at radius 3 is 2.33 bits per heavy atom. The van der Waals surface area contributed by atoms with Gasteiger partial charge in [0.2, 0.25) is 0 Å². The van der Waals surface area contributed by atoms with Crippen LogP contribution in [0.5, 0.6) is 0 Å². The normalized spacial score (nSPS) is 28.2. The zero-order valence-corrected chi connectivity index (χ0v) is 9.51. The summed E-state index contributed by atoms with van der Waals surface area (Å²) in [6.07, 6.45) is 0.248. The topological polar surface area (TPSA) is 9.23 Å². The van der Waals surface area contributed by atoms with Crippen molar-refractivity contribution in [3.63, 3.8) is 0 Å². The molecule has 0 bridgehead atoms. The van der Waals surface area contributed by atoms with Crippen molar-refractivity contribution in [1.82, 2.24) is 0 Å². The van der Waals surface area contributed by atoms with E-state index in [-0.39, 0.29) is 6.10 Å². The molecule has 1 aromatic rings. The molecule has 1 aliphatic heterocycles. The fraction of sp³-hybridized carbons (Fsp3) is 0.333. The average Bonchev–Trinajstić information content (AvgIpc) is 2.06. The summed E-state index contributed by atoms with van der Waals surface area (Å²) >= 11 is 6.94. The molecular weight excluding hydrogens is 284 g/mol. The molecular formula is C9H8Br2O. The van der Waals surface area contributed by atoms with Crippen LogP contribution < -0.4 is 0 Å². The molecule has 0 radical (unpaired) electrons. The third-order valence-electron chi connectivity index (χ3n) is 1.96. The van der Waals surface area contributed by atoms with Gasteiger partial charge in [0, 0.05) is 4.47 Å². The highest BCUT2D eigenvalue weighted by molar-refractivity contribution is 9.10. The van der Waals surface area contributed by atoms with Crippen LogP contribution in [0.25, 0.3) is 0 Å². The maximum absolute atomic E-state index is 5.41. The highest BCUT2D eigenvalue weighted by Crippen LogP contribution is 2.35. The molecule has 12 heavy (non-hydrogen) atoms. The van der Waals surface area contributed by atoms with Crippen molar-refractivity contribution in [3.05, 3.63) is 34.3 Å². The number of ether oxygens (including phenoxy) is 1. The Kier molecular flexibility index (Phi) is 2.53. The monoisotopic (exact) mass is 290 g/mol. The smallest absolute Gasteiger partial charge is 0.0972 e. The first-order valence-corrected chi connectivity index (χ1v) is 5.49. The van der Waals surface area contributed by atoms with Crippen LogP contribution in [0, 0.1) is 0 Å². The van der Waals surface area contributed by atoms with Crippen LogP contribution >= 0.6 is 31.9 Å². The van der Waals surface area contributed by atoms with Crippen molar-refractivity contribution < 1.29 is 4.74 Å². The van der Waals surface area contributed by atoms with E-state index < -0.39 is 0 Å². The van der Waals surface area contributed by atoms with Gasteiger partial charge < -0.3 is 4.74 Å². The highest BCUT2D eigenvalue weighted by Gasteiger charge is 2.30. The first-order valence-electron chi connectivity index (χ1n) is 3.78. The second-order valence-corrected chi connectivity index (χ2v) is 4.91. The lowest BCUT2D eigenvalue weighted by Gasteiger charge is -2.33. The van der Waals surface area contributed by atoms with E-state index in [4.69, 9.17) is 4.74 Å². The molecule has 0 amide bonds. The quantitative estimate of drug-likeness (QED) is 0.722. The van der Waals surface area contributed by atoms with E-state index in [9.17, 15) is 0 Å². The second kappa shape index (κ2) is 3.48. The van der Waals surface area contributed by atoms with Crippen molar-refractivity contribution in [2.75, 3.05) is 6.61 Å². The van der Waals surface area contributed by atoms with Gasteiger partial charge in [-0.2, -0.15) is 0 Å². The third kappa shape index (κ3) is 1.58. The second-order valence-electron chi connectivity index (χ2n) is 2.82. The Hall–Kier alpha value is 0.140. The molecule has 1 fully saturated rings. The standard InChI is InChI=1S/C9H8Br2O/c10-7-3-1-6(2-4-7)9-8(11)5-12-9/h1-4,8-9H,5H2/t8-,9+/m0/s1. The predicted molar refractivity (Wildman–Crippen MR) is 55.6 cm³/mol. The van der Waals surface area contributed by atoms with E-state index in [1.165, 1.54) is 5.56 Å². The van der Waals surface area contributed by atoms with Gasteiger partial charge in [-0.25, -0.2) is 0 Å². The lowest BCUT2D eigenvalue weighted by Crippen LogP contribution is -2.32. The van der Waals surface area contributed by atoms with Gasteiger partial charge in [-0.15, -0.1) is 0 Å². The lowest BCUT2D eigenvalue weighted by molar-refractivity contribution is -0.0410. The largest absolute Gasteiger partial charge is 0.371 e. The summed E-state index contributed by atoms with van der Waals surface area (Å²) < 4.78 is 6.51. The minimum absolute atomic E-state index is 0.248. The van der Waals surface area contributed by atoms with Crippen LogP contribution in [-0.2, 0) is 4.74 Å². The van der Waals surface area contributed by atoms with Gasteiger partial charge >= 0.3 is 0 Å². The van der Waals surface area contributed by atoms with Crippen molar-refractivity contribution in [1.29, 1.82) is 0 Å². The van der Waals surface area contributed by atoms with Crippen molar-refractivity contribution in [3.8, 4) is 0 Å². The maximum atomic E-state index is 5.41. The van der Waals surface area contributed by atoms with Crippen LogP contribution in [0.2, 0.25) is 0 Å². The Balaban J connectivity index is 2.18. The minimum Gasteiger partial charge on any atom is -0.371 e. The van der Waals surface area contributed by atoms with E-state index in [0.29, 0.717) is 4.83 Å². The summed E-state index contributed by atoms with van der Waals surface area (Å²) in [5.41, 5.74) is 1.24. The van der Waals surface area contributed by atoms with Gasteiger partial charge in [0.1, 0.15) is 0 Å². The molecule has 64 valence electrons. The third-order valence-corrected chi connectivity index (χ3v) is 3.24. The molecule has 1 aromatic carbocycles. The number of benzene rings is 1. The predicted octanol–water partition coefficient (Wildman–Crippen LogP) is 3.28. The molecule has 0 aromatic heterocycles. The Bertz CT molecular complexity index is 270. The van der Waals surface area contributed by atoms with Gasteiger partial charge in [0.15, 0.2) is 0 Å². The lowest BCUT2D eigenvalue weighted by atomic mass is 10.0. The van der Waals surface area contributed by atoms with Crippen LogP contribution in [0.4, 0.5) is 0 Å². The van der Waals surface area contributed by atoms with E-state index in [2.05, 4.69) is 44.0 Å². The van der Waals surface area contributed by atoms with Crippen LogP contribution in [0.15, 0.2) is 28.7 Å². The zero-order valence-electron chi connectivity index (χ0n) is 6.34. The molecule has 2 atom stereocenters. The molecule has 0 N–H and O–H groups in total. The SMILES string of the molecule is Brc1ccc([C@H]2OC[C@@H]2Br)cc1. The van der Waals surface area contributed by atoms with Crippen molar-refractivity contribution >= 4 is 31.9 Å². The summed E-state index contributed by atoms with van der Waals surface area (Å²) in [7, 11) is 0. The van der Waals surface area contributed by atoms with E-state index in [1.807, 2.05) is 12.1 Å². The highest BCUT2D eigenvalue weighted by atomic mass is 79.9. The van der Waals surface area contributed by atoms with Crippen LogP contribution in [0.3, 0.4) is 0 Å². The number of halogens is 2. The number of hydrogen-bond donors (Lipinski definition) is 0. The van der Waals surface area contributed by atoms with Crippen molar-refractivity contribution in [2.24, 2.45) is 0 Å². The molecule has 3 heteroatoms. The number of rotatable bonds is 1. The Labute approximate surface area is 88.4 Å². The summed E-state index contributed by atoms with van der Waals surface area (Å²) in [6, 6.07) is 8.25. The van der Waals surface area contributed by atoms with Crippen molar-refractivity contribution in [2.45, 2.75) is 10.9 Å². The molecule has 0 unspecified atom stereocenters. The van der Waals surface area contributed by atoms with Gasteiger partial charge in [-0.3, -0.25) is 0 Å². The summed E-state index contributed by atoms with van der Waals surface area (Å²) in [4.78, 5) is 0.485. The molecule has 2 rings (SSSR count). The first-order chi connectivity index (χ1) is 5.77. The molecule has 1 heterocycles. The summed E-state index contributed by atoms with van der Waals surface area (Å²) in [5, 5.41) is 0. The molecule has 1 saturated heterocycles. The van der Waals surface area contributed by atoms with Gasteiger partial charge in [0.25, 0.3) is 0 Å². The number of hydrogen-bond acceptors (Lipinski definition) is 1. The summed E-state index contributed by atoms with van der Waals surface area (Å²) in [5.74, 6) is 0. The summed E-state index contributed by atoms with van der Waals surface area (Å²) in [6.45, 7) is 0.820. The Morgan fingerprint density at radius 2 is 1.92 bits per heavy atom. The maximum Gasteiger partial charge on any atom is 0.0972 e. The van der Waals surface area contributed by atoms with E-state index >= 15 is 0 Å². The average molecular weight is 292 g/mol. The number of alkyl halides is 1. The van der Waals surface area contributed by atoms with E-state index in [1.54, 1.807) is 0 Å². The first kappa shape index (κ1) is 8.73. The van der Waals surface area contributed by atoms with Crippen LogP contribution in [0.1, 0.15) is 11.7 Å². The molecule has 1 aliphatic rings. The molecule has 0 aliphatic carbocycles. The fourth-order valence-corrected chi connectivity index (χ4v) is 2.10. The molecule has 0 saturated carbocycles. The fourth-order valence-electron chi connectivity index (χ4n) is 1.22. The van der Waals surface area contributed by atoms with Crippen LogP contribution in [-0.4, -0.2) is 11.4 Å². The zero-order chi connectivity index (χ0) is 8.55. The Morgan fingerprint density at radius 1 is 1.25 bits per heavy atom.